The highest BCUT2D eigenvalue weighted by molar-refractivity contribution is 5.79. The summed E-state index contributed by atoms with van der Waals surface area (Å²) in [6.45, 7) is 3.34. The Labute approximate surface area is 83.5 Å². The van der Waals surface area contributed by atoms with Crippen LogP contribution in [-0.4, -0.2) is 32.2 Å². The lowest BCUT2D eigenvalue weighted by Crippen LogP contribution is -2.39. The van der Waals surface area contributed by atoms with E-state index in [1.54, 1.807) is 13.8 Å². The molecule has 0 aromatic carbocycles. The fourth-order valence-corrected chi connectivity index (χ4v) is 1.14. The summed E-state index contributed by atoms with van der Waals surface area (Å²) < 4.78 is 9.04. The van der Waals surface area contributed by atoms with Crippen LogP contribution in [0.15, 0.2) is 0 Å². The molecular formula is C9H17NO4. The molecule has 14 heavy (non-hydrogen) atoms. The van der Waals surface area contributed by atoms with Crippen molar-refractivity contribution in [3.05, 3.63) is 0 Å². The van der Waals surface area contributed by atoms with Crippen molar-refractivity contribution in [2.24, 2.45) is 11.1 Å². The maximum atomic E-state index is 11.3. The molecule has 1 atom stereocenters. The first kappa shape index (κ1) is 12.9. The van der Waals surface area contributed by atoms with Crippen molar-refractivity contribution in [3.8, 4) is 0 Å². The van der Waals surface area contributed by atoms with Crippen molar-refractivity contribution in [3.63, 3.8) is 0 Å². The number of carbonyl (C=O) groups excluding carboxylic acids is 2. The van der Waals surface area contributed by atoms with E-state index in [0.717, 1.165) is 0 Å². The molecule has 0 radical (unpaired) electrons. The molecule has 0 saturated carbocycles. The quantitative estimate of drug-likeness (QED) is 0.654. The average Bonchev–Trinajstić information content (AvgIpc) is 2.14. The zero-order valence-electron chi connectivity index (χ0n) is 8.99. The Kier molecular flexibility index (Phi) is 4.56. The number of hydrogen-bond acceptors (Lipinski definition) is 5. The molecule has 2 N–H and O–H groups in total. The van der Waals surface area contributed by atoms with Crippen molar-refractivity contribution in [2.75, 3.05) is 14.2 Å². The maximum Gasteiger partial charge on any atom is 0.322 e. The molecule has 0 spiro atoms. The third-order valence-electron chi connectivity index (χ3n) is 1.97. The molecular weight excluding hydrogens is 186 g/mol. The van der Waals surface area contributed by atoms with Crippen molar-refractivity contribution < 1.29 is 19.1 Å². The van der Waals surface area contributed by atoms with Gasteiger partial charge in [0.15, 0.2) is 0 Å². The van der Waals surface area contributed by atoms with Crippen LogP contribution in [0.1, 0.15) is 20.3 Å². The lowest BCUT2D eigenvalue weighted by molar-refractivity contribution is -0.152. The van der Waals surface area contributed by atoms with E-state index < -0.39 is 23.4 Å². The summed E-state index contributed by atoms with van der Waals surface area (Å²) in [4.78, 5) is 22.3. The highest BCUT2D eigenvalue weighted by Crippen LogP contribution is 2.23. The van der Waals surface area contributed by atoms with Gasteiger partial charge in [0.1, 0.15) is 6.04 Å². The number of nitrogens with two attached hydrogens (primary N) is 1. The smallest absolute Gasteiger partial charge is 0.322 e. The van der Waals surface area contributed by atoms with Crippen LogP contribution in [0, 0.1) is 5.41 Å². The summed E-state index contributed by atoms with van der Waals surface area (Å²) in [6.07, 6.45) is 0.201. The summed E-state index contributed by atoms with van der Waals surface area (Å²) in [7, 11) is 2.56. The lowest BCUT2D eigenvalue weighted by Gasteiger charge is -2.23. The Hall–Kier alpha value is -1.10. The molecule has 0 bridgehead atoms. The van der Waals surface area contributed by atoms with Gasteiger partial charge in [-0.25, -0.2) is 0 Å². The van der Waals surface area contributed by atoms with Gasteiger partial charge in [-0.15, -0.1) is 0 Å². The first-order chi connectivity index (χ1) is 6.35. The predicted octanol–water partition coefficient (Wildman–Crippen LogP) is 0.0760. The second-order valence-corrected chi connectivity index (χ2v) is 3.71. The van der Waals surface area contributed by atoms with Gasteiger partial charge in [0.2, 0.25) is 0 Å². The zero-order valence-corrected chi connectivity index (χ0v) is 8.99. The largest absolute Gasteiger partial charge is 0.469 e. The van der Waals surface area contributed by atoms with Gasteiger partial charge >= 0.3 is 11.9 Å². The molecule has 0 amide bonds. The zero-order chi connectivity index (χ0) is 11.4. The molecule has 0 aliphatic rings. The van der Waals surface area contributed by atoms with Crippen LogP contribution in [0.25, 0.3) is 0 Å². The van der Waals surface area contributed by atoms with E-state index in [1.165, 1.54) is 14.2 Å². The minimum atomic E-state index is -0.797. The second kappa shape index (κ2) is 4.95. The van der Waals surface area contributed by atoms with Crippen molar-refractivity contribution in [2.45, 2.75) is 26.3 Å². The minimum Gasteiger partial charge on any atom is -0.469 e. The molecule has 0 aliphatic heterocycles. The monoisotopic (exact) mass is 203 g/mol. The van der Waals surface area contributed by atoms with Crippen LogP contribution >= 0.6 is 0 Å². The van der Waals surface area contributed by atoms with E-state index in [-0.39, 0.29) is 6.42 Å². The summed E-state index contributed by atoms with van der Waals surface area (Å²) in [5, 5.41) is 0. The lowest BCUT2D eigenvalue weighted by atomic mass is 9.86. The molecule has 0 aromatic heterocycles. The first-order valence-corrected chi connectivity index (χ1v) is 4.27. The third kappa shape index (κ3) is 3.33. The fourth-order valence-electron chi connectivity index (χ4n) is 1.14. The molecule has 0 aliphatic carbocycles. The Bertz CT molecular complexity index is 225. The van der Waals surface area contributed by atoms with E-state index in [0.29, 0.717) is 0 Å². The molecule has 0 unspecified atom stereocenters. The van der Waals surface area contributed by atoms with Crippen molar-refractivity contribution in [1.29, 1.82) is 0 Å². The topological polar surface area (TPSA) is 78.6 Å². The summed E-state index contributed by atoms with van der Waals surface area (Å²) >= 11 is 0. The Balaban J connectivity index is 4.35. The van der Waals surface area contributed by atoms with Gasteiger partial charge in [0.25, 0.3) is 0 Å². The third-order valence-corrected chi connectivity index (χ3v) is 1.97. The van der Waals surface area contributed by atoms with Gasteiger partial charge in [-0.3, -0.25) is 9.59 Å². The number of rotatable bonds is 4. The van der Waals surface area contributed by atoms with Gasteiger partial charge in [-0.2, -0.15) is 0 Å². The fraction of sp³-hybridized carbons (Fsp3) is 0.778. The van der Waals surface area contributed by atoms with Crippen LogP contribution in [0.3, 0.4) is 0 Å². The summed E-state index contributed by atoms with van der Waals surface area (Å²) in [5.74, 6) is -0.918. The Morgan fingerprint density at radius 3 is 2.14 bits per heavy atom. The van der Waals surface area contributed by atoms with E-state index in [9.17, 15) is 9.59 Å². The first-order valence-electron chi connectivity index (χ1n) is 4.27. The molecule has 0 heterocycles. The van der Waals surface area contributed by atoms with Crippen LogP contribution < -0.4 is 5.73 Å². The number of methoxy groups -OCH3 is 2. The van der Waals surface area contributed by atoms with E-state index >= 15 is 0 Å². The highest BCUT2D eigenvalue weighted by atomic mass is 16.5. The van der Waals surface area contributed by atoms with Gasteiger partial charge in [0.05, 0.1) is 19.6 Å². The van der Waals surface area contributed by atoms with Gasteiger partial charge in [-0.1, -0.05) is 0 Å². The molecule has 0 aromatic rings. The highest BCUT2D eigenvalue weighted by Gasteiger charge is 2.33. The number of hydrogen-bond donors (Lipinski definition) is 1. The van der Waals surface area contributed by atoms with Crippen LogP contribution in [0.2, 0.25) is 0 Å². The second-order valence-electron chi connectivity index (χ2n) is 3.71. The van der Waals surface area contributed by atoms with Crippen LogP contribution in [0.4, 0.5) is 0 Å². The maximum absolute atomic E-state index is 11.3. The van der Waals surface area contributed by atoms with Gasteiger partial charge < -0.3 is 15.2 Å². The van der Waals surface area contributed by atoms with Crippen LogP contribution in [0.5, 0.6) is 0 Å². The molecule has 0 fully saturated rings. The standard InChI is InChI=1S/C9H17NO4/c1-9(2,8(12)14-4)5-6(10)7(11)13-3/h6H,5,10H2,1-4H3/t6-/m1/s1. The van der Waals surface area contributed by atoms with Gasteiger partial charge in [0, 0.05) is 0 Å². The van der Waals surface area contributed by atoms with Crippen molar-refractivity contribution in [1.82, 2.24) is 0 Å². The summed E-state index contributed by atoms with van der Waals surface area (Å²) in [6, 6.07) is -0.797. The van der Waals surface area contributed by atoms with Gasteiger partial charge in [-0.05, 0) is 20.3 Å². The molecule has 5 heteroatoms. The molecule has 0 saturated heterocycles. The molecule has 5 nitrogen and oxygen atoms in total. The molecule has 0 rings (SSSR count). The number of esters is 2. The number of carbonyl (C=O) groups is 2. The number of ether oxygens (including phenoxy) is 2. The Morgan fingerprint density at radius 2 is 1.79 bits per heavy atom. The van der Waals surface area contributed by atoms with E-state index in [1.807, 2.05) is 0 Å². The average molecular weight is 203 g/mol. The normalized spacial score (nSPS) is 13.2. The Morgan fingerprint density at radius 1 is 1.29 bits per heavy atom. The van der Waals surface area contributed by atoms with E-state index in [2.05, 4.69) is 9.47 Å². The SMILES string of the molecule is COC(=O)[C@H](N)CC(C)(C)C(=O)OC. The van der Waals surface area contributed by atoms with E-state index in [4.69, 9.17) is 5.73 Å². The summed E-state index contributed by atoms with van der Waals surface area (Å²) in [5.41, 5.74) is 4.75. The predicted molar refractivity (Wildman–Crippen MR) is 50.4 cm³/mol. The van der Waals surface area contributed by atoms with Crippen molar-refractivity contribution >= 4 is 11.9 Å². The molecule has 82 valence electrons. The van der Waals surface area contributed by atoms with Crippen LogP contribution in [-0.2, 0) is 19.1 Å². The minimum absolute atomic E-state index is 0.201.